The van der Waals surface area contributed by atoms with Crippen LogP contribution in [0.5, 0.6) is 0 Å². The number of halogens is 1. The molecule has 0 atom stereocenters. The number of morpholine rings is 1. The van der Waals surface area contributed by atoms with Crippen LogP contribution in [0.1, 0.15) is 10.5 Å². The number of carbonyl (C=O) groups is 1. The van der Waals surface area contributed by atoms with Gasteiger partial charge < -0.3 is 19.9 Å². The van der Waals surface area contributed by atoms with E-state index in [0.29, 0.717) is 19.0 Å². The molecule has 0 aliphatic carbocycles. The Morgan fingerprint density at radius 3 is 2.60 bits per heavy atom. The van der Waals surface area contributed by atoms with Crippen LogP contribution >= 0.6 is 15.9 Å². The lowest BCUT2D eigenvalue weighted by Crippen LogP contribution is -2.36. The summed E-state index contributed by atoms with van der Waals surface area (Å²) in [7, 11) is 3.75. The highest BCUT2D eigenvalue weighted by atomic mass is 79.9. The molecule has 1 fully saturated rings. The maximum Gasteiger partial charge on any atom is 0.276 e. The minimum atomic E-state index is -0.287. The quantitative estimate of drug-likeness (QED) is 0.841. The summed E-state index contributed by atoms with van der Waals surface area (Å²) in [5, 5.41) is 11.0. The summed E-state index contributed by atoms with van der Waals surface area (Å²) in [6.45, 7) is 2.95. The van der Waals surface area contributed by atoms with Crippen molar-refractivity contribution >= 4 is 39.0 Å². The van der Waals surface area contributed by atoms with Gasteiger partial charge in [-0.15, -0.1) is 10.2 Å². The number of hydrogen-bond acceptors (Lipinski definition) is 6. The molecular formula is C17H20BrN5O2. The van der Waals surface area contributed by atoms with E-state index < -0.39 is 0 Å². The van der Waals surface area contributed by atoms with Crippen LogP contribution in [0.15, 0.2) is 34.8 Å². The number of anilines is 3. The first-order valence-corrected chi connectivity index (χ1v) is 8.78. The van der Waals surface area contributed by atoms with E-state index in [2.05, 4.69) is 36.3 Å². The molecule has 25 heavy (non-hydrogen) atoms. The number of carbonyl (C=O) groups excluding carboxylic acids is 1. The minimum Gasteiger partial charge on any atom is -0.378 e. The van der Waals surface area contributed by atoms with Crippen molar-refractivity contribution in [2.75, 3.05) is 55.5 Å². The topological polar surface area (TPSA) is 70.6 Å². The molecule has 0 bridgehead atoms. The van der Waals surface area contributed by atoms with Crippen LogP contribution < -0.4 is 15.1 Å². The van der Waals surface area contributed by atoms with Crippen molar-refractivity contribution in [3.05, 3.63) is 40.5 Å². The molecule has 1 amide bonds. The van der Waals surface area contributed by atoms with Crippen molar-refractivity contribution in [2.45, 2.75) is 0 Å². The summed E-state index contributed by atoms with van der Waals surface area (Å²) in [6.07, 6.45) is 0. The van der Waals surface area contributed by atoms with Gasteiger partial charge in [-0.1, -0.05) is 15.9 Å². The predicted octanol–water partition coefficient (Wildman–Crippen LogP) is 2.39. The standard InChI is InChI=1S/C17H20BrN5O2/c1-22(2)16-6-4-13(20-21-16)17(24)19-14-11-12(18)3-5-15(14)23-7-9-25-10-8-23/h3-6,11H,7-10H2,1-2H3,(H,19,24). The zero-order valence-corrected chi connectivity index (χ0v) is 15.8. The highest BCUT2D eigenvalue weighted by Crippen LogP contribution is 2.30. The molecule has 2 heterocycles. The Morgan fingerprint density at radius 1 is 1.20 bits per heavy atom. The highest BCUT2D eigenvalue weighted by molar-refractivity contribution is 9.10. The van der Waals surface area contributed by atoms with E-state index in [-0.39, 0.29) is 11.6 Å². The second-order valence-electron chi connectivity index (χ2n) is 5.89. The van der Waals surface area contributed by atoms with Crippen LogP contribution in [0, 0.1) is 0 Å². The fourth-order valence-electron chi connectivity index (χ4n) is 2.56. The largest absolute Gasteiger partial charge is 0.378 e. The van der Waals surface area contributed by atoms with Crippen molar-refractivity contribution in [2.24, 2.45) is 0 Å². The lowest BCUT2D eigenvalue weighted by molar-refractivity contribution is 0.102. The fraction of sp³-hybridized carbons (Fsp3) is 0.353. The molecule has 1 aromatic carbocycles. The number of ether oxygens (including phenoxy) is 1. The average molecular weight is 406 g/mol. The van der Waals surface area contributed by atoms with Gasteiger partial charge in [-0.25, -0.2) is 0 Å². The molecule has 1 aliphatic heterocycles. The molecule has 0 spiro atoms. The van der Waals surface area contributed by atoms with Crippen molar-refractivity contribution in [3.63, 3.8) is 0 Å². The van der Waals surface area contributed by atoms with Gasteiger partial charge in [0.05, 0.1) is 24.6 Å². The number of nitrogens with zero attached hydrogens (tertiary/aromatic N) is 4. The highest BCUT2D eigenvalue weighted by Gasteiger charge is 2.18. The van der Waals surface area contributed by atoms with Gasteiger partial charge in [-0.3, -0.25) is 4.79 Å². The van der Waals surface area contributed by atoms with Crippen LogP contribution in [-0.2, 0) is 4.74 Å². The molecule has 132 valence electrons. The van der Waals surface area contributed by atoms with E-state index in [1.54, 1.807) is 12.1 Å². The van der Waals surface area contributed by atoms with Crippen LogP contribution in [-0.4, -0.2) is 56.5 Å². The Morgan fingerprint density at radius 2 is 1.96 bits per heavy atom. The third-order valence-corrected chi connectivity index (χ3v) is 4.39. The lowest BCUT2D eigenvalue weighted by Gasteiger charge is -2.30. The molecule has 1 aliphatic rings. The van der Waals surface area contributed by atoms with Gasteiger partial charge in [-0.05, 0) is 30.3 Å². The molecule has 2 aromatic rings. The van der Waals surface area contributed by atoms with Gasteiger partial charge in [0.25, 0.3) is 5.91 Å². The Kier molecular flexibility index (Phi) is 5.50. The van der Waals surface area contributed by atoms with Gasteiger partial charge in [0.1, 0.15) is 0 Å². The number of amides is 1. The normalized spacial score (nSPS) is 14.3. The van der Waals surface area contributed by atoms with E-state index in [9.17, 15) is 4.79 Å². The lowest BCUT2D eigenvalue weighted by atomic mass is 10.2. The van der Waals surface area contributed by atoms with Crippen molar-refractivity contribution < 1.29 is 9.53 Å². The van der Waals surface area contributed by atoms with Crippen molar-refractivity contribution in [3.8, 4) is 0 Å². The van der Waals surface area contributed by atoms with Crippen LogP contribution in [0.2, 0.25) is 0 Å². The number of benzene rings is 1. The SMILES string of the molecule is CN(C)c1ccc(C(=O)Nc2cc(Br)ccc2N2CCOCC2)nn1. The summed E-state index contributed by atoms with van der Waals surface area (Å²) in [6, 6.07) is 9.29. The molecule has 1 saturated heterocycles. The average Bonchev–Trinajstić information content (AvgIpc) is 2.62. The number of aromatic nitrogens is 2. The van der Waals surface area contributed by atoms with E-state index in [1.165, 1.54) is 0 Å². The van der Waals surface area contributed by atoms with Crippen LogP contribution in [0.3, 0.4) is 0 Å². The number of rotatable bonds is 4. The van der Waals surface area contributed by atoms with E-state index >= 15 is 0 Å². The van der Waals surface area contributed by atoms with Gasteiger partial charge in [0.15, 0.2) is 11.5 Å². The molecule has 1 aromatic heterocycles. The summed E-state index contributed by atoms with van der Waals surface area (Å²) in [5.41, 5.74) is 1.98. The van der Waals surface area contributed by atoms with Crippen LogP contribution in [0.25, 0.3) is 0 Å². The smallest absolute Gasteiger partial charge is 0.276 e. The molecule has 0 saturated carbocycles. The molecule has 0 unspecified atom stereocenters. The summed E-state index contributed by atoms with van der Waals surface area (Å²) in [5.74, 6) is 0.415. The third-order valence-electron chi connectivity index (χ3n) is 3.90. The second-order valence-corrected chi connectivity index (χ2v) is 6.80. The van der Waals surface area contributed by atoms with Crippen molar-refractivity contribution in [1.82, 2.24) is 10.2 Å². The molecule has 3 rings (SSSR count). The zero-order chi connectivity index (χ0) is 17.8. The van der Waals surface area contributed by atoms with Gasteiger partial charge >= 0.3 is 0 Å². The summed E-state index contributed by atoms with van der Waals surface area (Å²) in [4.78, 5) is 16.6. The summed E-state index contributed by atoms with van der Waals surface area (Å²) >= 11 is 3.46. The fourth-order valence-corrected chi connectivity index (χ4v) is 2.92. The number of hydrogen-bond donors (Lipinski definition) is 1. The second kappa shape index (κ2) is 7.79. The first-order chi connectivity index (χ1) is 12.0. The maximum absolute atomic E-state index is 12.6. The predicted molar refractivity (Wildman–Crippen MR) is 101 cm³/mol. The Hall–Kier alpha value is -2.19. The number of nitrogens with one attached hydrogen (secondary N) is 1. The van der Waals surface area contributed by atoms with Gasteiger partial charge in [0.2, 0.25) is 0 Å². The zero-order valence-electron chi connectivity index (χ0n) is 14.2. The molecule has 0 radical (unpaired) electrons. The van der Waals surface area contributed by atoms with Gasteiger partial charge in [-0.2, -0.15) is 0 Å². The Balaban J connectivity index is 1.81. The Bertz CT molecular complexity index is 745. The van der Waals surface area contributed by atoms with E-state index in [0.717, 1.165) is 28.9 Å². The van der Waals surface area contributed by atoms with E-state index in [4.69, 9.17) is 4.74 Å². The maximum atomic E-state index is 12.6. The van der Waals surface area contributed by atoms with E-state index in [1.807, 2.05) is 37.2 Å². The first-order valence-electron chi connectivity index (χ1n) is 7.99. The molecule has 1 N–H and O–H groups in total. The monoisotopic (exact) mass is 405 g/mol. The Labute approximate surface area is 155 Å². The minimum absolute atomic E-state index is 0.276. The molecule has 8 heteroatoms. The summed E-state index contributed by atoms with van der Waals surface area (Å²) < 4.78 is 6.30. The van der Waals surface area contributed by atoms with Gasteiger partial charge in [0, 0.05) is 31.7 Å². The van der Waals surface area contributed by atoms with Crippen LogP contribution in [0.4, 0.5) is 17.2 Å². The van der Waals surface area contributed by atoms with Crippen molar-refractivity contribution in [1.29, 1.82) is 0 Å². The third kappa shape index (κ3) is 4.26. The molecule has 7 nitrogen and oxygen atoms in total. The molecular weight excluding hydrogens is 386 g/mol. The first kappa shape index (κ1) is 17.6.